The number of fused-ring (bicyclic) bond motifs is 1. The quantitative estimate of drug-likeness (QED) is 0.414. The van der Waals surface area contributed by atoms with Gasteiger partial charge in [0.2, 0.25) is 0 Å². The number of pyridine rings is 1. The summed E-state index contributed by atoms with van der Waals surface area (Å²) in [7, 11) is 0. The first-order valence-corrected chi connectivity index (χ1v) is 12.1. The number of aromatic nitrogens is 1. The van der Waals surface area contributed by atoms with Crippen molar-refractivity contribution in [3.8, 4) is 5.75 Å². The SMILES string of the molecule is CCCC1(Cc2ccccc2)CCCC(N)(Oc2cc3cc[nH]c(=O)c3cc2Cl)CCC1. The Bertz CT molecular complexity index is 1100. The van der Waals surface area contributed by atoms with Gasteiger partial charge in [-0.15, -0.1) is 0 Å². The van der Waals surface area contributed by atoms with Crippen LogP contribution in [0.3, 0.4) is 0 Å². The fourth-order valence-electron chi connectivity index (χ4n) is 5.44. The predicted molar refractivity (Wildman–Crippen MR) is 132 cm³/mol. The molecule has 0 saturated heterocycles. The number of aromatic amines is 1. The van der Waals surface area contributed by atoms with Gasteiger partial charge in [0.1, 0.15) is 5.75 Å². The highest BCUT2D eigenvalue weighted by atomic mass is 35.5. The summed E-state index contributed by atoms with van der Waals surface area (Å²) in [6.07, 6.45) is 11.1. The third-order valence-corrected chi connectivity index (χ3v) is 7.25. The molecule has 0 unspecified atom stereocenters. The van der Waals surface area contributed by atoms with Gasteiger partial charge in [-0.05, 0) is 73.1 Å². The molecule has 4 rings (SSSR count). The van der Waals surface area contributed by atoms with Gasteiger partial charge in [0.25, 0.3) is 5.56 Å². The Morgan fingerprint density at radius 2 is 1.78 bits per heavy atom. The zero-order chi connectivity index (χ0) is 22.6. The van der Waals surface area contributed by atoms with Gasteiger partial charge in [-0.1, -0.05) is 55.3 Å². The van der Waals surface area contributed by atoms with Crippen LogP contribution in [0, 0.1) is 5.41 Å². The van der Waals surface area contributed by atoms with Crippen LogP contribution in [0.5, 0.6) is 5.75 Å². The summed E-state index contributed by atoms with van der Waals surface area (Å²) in [5.41, 5.74) is 7.62. The number of hydrogen-bond donors (Lipinski definition) is 2. The van der Waals surface area contributed by atoms with E-state index in [4.69, 9.17) is 22.1 Å². The van der Waals surface area contributed by atoms with Crippen LogP contribution in [0.1, 0.15) is 63.9 Å². The summed E-state index contributed by atoms with van der Waals surface area (Å²) in [4.78, 5) is 14.7. The number of ether oxygens (including phenoxy) is 1. The number of nitrogens with two attached hydrogens (primary N) is 1. The van der Waals surface area contributed by atoms with Gasteiger partial charge in [0.15, 0.2) is 5.72 Å². The van der Waals surface area contributed by atoms with Gasteiger partial charge in [-0.2, -0.15) is 0 Å². The first-order valence-electron chi connectivity index (χ1n) is 11.7. The molecule has 1 fully saturated rings. The van der Waals surface area contributed by atoms with Gasteiger partial charge in [-0.25, -0.2) is 0 Å². The molecule has 4 nitrogen and oxygen atoms in total. The highest BCUT2D eigenvalue weighted by Gasteiger charge is 2.36. The van der Waals surface area contributed by atoms with Crippen molar-refractivity contribution in [1.82, 2.24) is 4.98 Å². The highest BCUT2D eigenvalue weighted by molar-refractivity contribution is 6.32. The molecule has 0 bridgehead atoms. The van der Waals surface area contributed by atoms with Crippen molar-refractivity contribution in [3.63, 3.8) is 0 Å². The largest absolute Gasteiger partial charge is 0.471 e. The van der Waals surface area contributed by atoms with Crippen LogP contribution in [0.4, 0.5) is 0 Å². The molecule has 5 heteroatoms. The number of H-pyrrole nitrogens is 1. The monoisotopic (exact) mass is 452 g/mol. The lowest BCUT2D eigenvalue weighted by atomic mass is 9.69. The first-order chi connectivity index (χ1) is 15.4. The zero-order valence-corrected chi connectivity index (χ0v) is 19.6. The summed E-state index contributed by atoms with van der Waals surface area (Å²) in [6.45, 7) is 2.29. The minimum atomic E-state index is -0.746. The van der Waals surface area contributed by atoms with Crippen LogP contribution in [-0.2, 0) is 6.42 Å². The van der Waals surface area contributed by atoms with E-state index in [1.807, 2.05) is 12.1 Å². The van der Waals surface area contributed by atoms with E-state index in [9.17, 15) is 4.79 Å². The predicted octanol–water partition coefficient (Wildman–Crippen LogP) is 6.60. The van der Waals surface area contributed by atoms with E-state index in [0.29, 0.717) is 21.6 Å². The Morgan fingerprint density at radius 1 is 1.06 bits per heavy atom. The summed E-state index contributed by atoms with van der Waals surface area (Å²) in [5, 5.41) is 1.77. The molecule has 0 aliphatic heterocycles. The van der Waals surface area contributed by atoms with Crippen LogP contribution < -0.4 is 16.0 Å². The lowest BCUT2D eigenvalue weighted by Crippen LogP contribution is -2.47. The molecule has 0 spiro atoms. The average Bonchev–Trinajstić information content (AvgIpc) is 2.75. The molecule has 32 heavy (non-hydrogen) atoms. The van der Waals surface area contributed by atoms with Crippen LogP contribution in [-0.4, -0.2) is 10.7 Å². The van der Waals surface area contributed by atoms with E-state index in [1.54, 1.807) is 12.3 Å². The highest BCUT2D eigenvalue weighted by Crippen LogP contribution is 2.43. The van der Waals surface area contributed by atoms with Crippen molar-refractivity contribution in [3.05, 3.63) is 75.7 Å². The van der Waals surface area contributed by atoms with Crippen molar-refractivity contribution in [2.24, 2.45) is 11.1 Å². The van der Waals surface area contributed by atoms with Gasteiger partial charge >= 0.3 is 0 Å². The van der Waals surface area contributed by atoms with Gasteiger partial charge < -0.3 is 9.72 Å². The molecule has 0 atom stereocenters. The summed E-state index contributed by atoms with van der Waals surface area (Å²) >= 11 is 6.47. The van der Waals surface area contributed by atoms with E-state index >= 15 is 0 Å². The molecule has 170 valence electrons. The maximum absolute atomic E-state index is 12.0. The molecule has 3 aromatic rings. The van der Waals surface area contributed by atoms with Gasteiger partial charge in [0.05, 0.1) is 5.02 Å². The fraction of sp³-hybridized carbons (Fsp3) is 0.444. The standard InChI is InChI=1S/C27H33ClN2O2/c1-2-11-26(19-20-8-4-3-5-9-20)12-6-14-27(29,15-7-13-26)32-24-17-21-10-16-30-25(31)22(21)18-23(24)28/h3-5,8-10,16-18H,2,6-7,11-15,19,29H2,1H3,(H,30,31). The van der Waals surface area contributed by atoms with E-state index in [0.717, 1.165) is 50.3 Å². The molecule has 1 aliphatic rings. The van der Waals surface area contributed by atoms with E-state index in [-0.39, 0.29) is 5.56 Å². The molecule has 1 aromatic heterocycles. The summed E-state index contributed by atoms with van der Waals surface area (Å²) < 4.78 is 6.34. The number of nitrogens with one attached hydrogen (secondary N) is 1. The van der Waals surface area contributed by atoms with Crippen molar-refractivity contribution in [1.29, 1.82) is 0 Å². The Kier molecular flexibility index (Phi) is 6.92. The molecule has 0 radical (unpaired) electrons. The van der Waals surface area contributed by atoms with Crippen molar-refractivity contribution >= 4 is 22.4 Å². The Morgan fingerprint density at radius 3 is 2.47 bits per heavy atom. The molecule has 1 heterocycles. The third kappa shape index (κ3) is 5.19. The number of rotatable bonds is 6. The Balaban J connectivity index is 1.49. The summed E-state index contributed by atoms with van der Waals surface area (Å²) in [6, 6.07) is 16.2. The van der Waals surface area contributed by atoms with Crippen LogP contribution >= 0.6 is 11.6 Å². The number of hydrogen-bond acceptors (Lipinski definition) is 3. The van der Waals surface area contributed by atoms with Crippen LogP contribution in [0.15, 0.2) is 59.5 Å². The van der Waals surface area contributed by atoms with E-state index in [1.165, 1.54) is 18.4 Å². The zero-order valence-electron chi connectivity index (χ0n) is 18.8. The molecule has 3 N–H and O–H groups in total. The average molecular weight is 453 g/mol. The lowest BCUT2D eigenvalue weighted by molar-refractivity contribution is 0.0294. The summed E-state index contributed by atoms with van der Waals surface area (Å²) in [5.74, 6) is 0.553. The molecular formula is C27H33ClN2O2. The maximum atomic E-state index is 12.0. The number of halogens is 1. The first kappa shape index (κ1) is 22.9. The molecule has 0 amide bonds. The minimum Gasteiger partial charge on any atom is -0.471 e. The Hall–Kier alpha value is -2.30. The molecule has 1 aliphatic carbocycles. The molecular weight excluding hydrogens is 420 g/mol. The second-order valence-electron chi connectivity index (χ2n) is 9.46. The van der Waals surface area contributed by atoms with E-state index < -0.39 is 5.72 Å². The Labute approximate surface area is 195 Å². The topological polar surface area (TPSA) is 68.1 Å². The smallest absolute Gasteiger partial charge is 0.255 e. The normalized spacial score (nSPS) is 24.1. The van der Waals surface area contributed by atoms with Gasteiger partial charge in [-0.3, -0.25) is 10.5 Å². The van der Waals surface area contributed by atoms with Gasteiger partial charge in [0, 0.05) is 24.4 Å². The van der Waals surface area contributed by atoms with Crippen LogP contribution in [0.25, 0.3) is 10.8 Å². The van der Waals surface area contributed by atoms with Crippen LogP contribution in [0.2, 0.25) is 5.02 Å². The second kappa shape index (κ2) is 9.68. The molecule has 1 saturated carbocycles. The molecule has 2 aromatic carbocycles. The van der Waals surface area contributed by atoms with E-state index in [2.05, 4.69) is 42.2 Å². The maximum Gasteiger partial charge on any atom is 0.255 e. The third-order valence-electron chi connectivity index (χ3n) is 6.96. The minimum absolute atomic E-state index is 0.157. The van der Waals surface area contributed by atoms with Crippen molar-refractivity contribution < 1.29 is 4.74 Å². The lowest BCUT2D eigenvalue weighted by Gasteiger charge is -2.40. The van der Waals surface area contributed by atoms with Crippen molar-refractivity contribution in [2.45, 2.75) is 70.4 Å². The second-order valence-corrected chi connectivity index (χ2v) is 9.87. The van der Waals surface area contributed by atoms with Crippen molar-refractivity contribution in [2.75, 3.05) is 0 Å². The number of benzene rings is 2. The fourth-order valence-corrected chi connectivity index (χ4v) is 5.64.